The van der Waals surface area contributed by atoms with Gasteiger partial charge in [0.2, 0.25) is 5.91 Å². The summed E-state index contributed by atoms with van der Waals surface area (Å²) in [5.74, 6) is 0.312. The van der Waals surface area contributed by atoms with Gasteiger partial charge in [-0.25, -0.2) is 3.93 Å². The highest BCUT2D eigenvalue weighted by molar-refractivity contribution is 9.10. The summed E-state index contributed by atoms with van der Waals surface area (Å²) in [5, 5.41) is 8.96. The number of hydrogen-bond donors (Lipinski definition) is 0. The molecule has 0 aromatic heterocycles. The van der Waals surface area contributed by atoms with E-state index in [1.165, 1.54) is 15.7 Å². The van der Waals surface area contributed by atoms with Gasteiger partial charge < -0.3 is 0 Å². The van der Waals surface area contributed by atoms with Gasteiger partial charge in [-0.15, -0.1) is 10.2 Å². The Bertz CT molecular complexity index is 1030. The molecule has 1 saturated heterocycles. The maximum absolute atomic E-state index is 12.5. The fourth-order valence-electron chi connectivity index (χ4n) is 3.07. The van der Waals surface area contributed by atoms with Crippen LogP contribution in [0.1, 0.15) is 30.9 Å². The van der Waals surface area contributed by atoms with Crippen LogP contribution in [0.3, 0.4) is 0 Å². The van der Waals surface area contributed by atoms with Gasteiger partial charge in [0.15, 0.2) is 10.9 Å². The summed E-state index contributed by atoms with van der Waals surface area (Å²) in [7, 11) is 0. The molecule has 2 aliphatic heterocycles. The van der Waals surface area contributed by atoms with Crippen molar-refractivity contribution in [2.45, 2.75) is 19.8 Å². The molecule has 0 unspecified atom stereocenters. The van der Waals surface area contributed by atoms with E-state index in [1.807, 2.05) is 48.5 Å². The maximum Gasteiger partial charge on any atom is 0.289 e. The number of anilines is 2. The largest absolute Gasteiger partial charge is 0.289 e. The number of amides is 2. The van der Waals surface area contributed by atoms with Crippen molar-refractivity contribution in [3.8, 4) is 0 Å². The first-order valence-corrected chi connectivity index (χ1v) is 10.5. The van der Waals surface area contributed by atoms with Crippen LogP contribution >= 0.6 is 27.9 Å². The minimum atomic E-state index is -0.284. The van der Waals surface area contributed by atoms with E-state index in [0.717, 1.165) is 16.9 Å². The SMILES string of the molecule is CC(C)c1cccc(N2C(=O)CSC2=NN=C2C(=O)N(Br)c3ccccc32)c1. The van der Waals surface area contributed by atoms with Gasteiger partial charge in [0, 0.05) is 5.56 Å². The molecular formula is C20H17BrN4O2S. The Morgan fingerprint density at radius 3 is 2.64 bits per heavy atom. The fourth-order valence-corrected chi connectivity index (χ4v) is 4.36. The summed E-state index contributed by atoms with van der Waals surface area (Å²) in [5.41, 5.74) is 3.58. The number of fused-ring (bicyclic) bond motifs is 1. The minimum absolute atomic E-state index is 0.0508. The van der Waals surface area contributed by atoms with Crippen molar-refractivity contribution >= 4 is 62.0 Å². The smallest absolute Gasteiger partial charge is 0.273 e. The van der Waals surface area contributed by atoms with Crippen molar-refractivity contribution in [2.75, 3.05) is 14.6 Å². The van der Waals surface area contributed by atoms with Gasteiger partial charge in [-0.1, -0.05) is 55.9 Å². The number of amidine groups is 1. The second kappa shape index (κ2) is 7.52. The maximum atomic E-state index is 12.5. The molecule has 0 atom stereocenters. The zero-order chi connectivity index (χ0) is 19.8. The van der Waals surface area contributed by atoms with Crippen LogP contribution in [0.2, 0.25) is 0 Å². The molecule has 0 saturated carbocycles. The molecule has 0 spiro atoms. The fraction of sp³-hybridized carbons (Fsp3) is 0.200. The van der Waals surface area contributed by atoms with E-state index < -0.39 is 0 Å². The molecule has 2 aromatic carbocycles. The van der Waals surface area contributed by atoms with Crippen molar-refractivity contribution in [2.24, 2.45) is 10.2 Å². The summed E-state index contributed by atoms with van der Waals surface area (Å²) in [6, 6.07) is 15.2. The second-order valence-electron chi connectivity index (χ2n) is 6.70. The number of rotatable bonds is 3. The van der Waals surface area contributed by atoms with Crippen LogP contribution in [-0.4, -0.2) is 28.4 Å². The van der Waals surface area contributed by atoms with Gasteiger partial charge in [-0.05, 0) is 29.7 Å². The van der Waals surface area contributed by atoms with Gasteiger partial charge in [0.25, 0.3) is 5.91 Å². The van der Waals surface area contributed by atoms with Gasteiger partial charge in [0.1, 0.15) is 0 Å². The van der Waals surface area contributed by atoms with Gasteiger partial charge in [-0.3, -0.25) is 14.5 Å². The number of halogens is 1. The number of benzene rings is 2. The van der Waals surface area contributed by atoms with Crippen LogP contribution in [0.5, 0.6) is 0 Å². The summed E-state index contributed by atoms with van der Waals surface area (Å²) in [4.78, 5) is 26.5. The first-order valence-electron chi connectivity index (χ1n) is 8.78. The third-order valence-electron chi connectivity index (χ3n) is 4.55. The van der Waals surface area contributed by atoms with E-state index in [9.17, 15) is 9.59 Å². The normalized spacial score (nSPS) is 19.4. The standard InChI is InChI=1S/C20H17BrN4O2S/c1-12(2)13-6-5-7-14(10-13)24-17(26)11-28-20(24)23-22-18-15-8-3-4-9-16(15)25(21)19(18)27/h3-10,12H,11H2,1-2H3. The van der Waals surface area contributed by atoms with Crippen LogP contribution < -0.4 is 8.83 Å². The van der Waals surface area contributed by atoms with E-state index in [0.29, 0.717) is 22.4 Å². The van der Waals surface area contributed by atoms with E-state index >= 15 is 0 Å². The zero-order valence-corrected chi connectivity index (χ0v) is 17.7. The molecule has 1 fully saturated rings. The number of carbonyl (C=O) groups excluding carboxylic acids is 2. The highest BCUT2D eigenvalue weighted by Crippen LogP contribution is 2.32. The lowest BCUT2D eigenvalue weighted by atomic mass is 10.0. The summed E-state index contributed by atoms with van der Waals surface area (Å²) in [6.45, 7) is 4.21. The lowest BCUT2D eigenvalue weighted by Gasteiger charge is -2.17. The number of thioether (sulfide) groups is 1. The Hall–Kier alpha value is -2.45. The molecule has 142 valence electrons. The zero-order valence-electron chi connectivity index (χ0n) is 15.3. The molecular weight excluding hydrogens is 440 g/mol. The van der Waals surface area contributed by atoms with E-state index in [1.54, 1.807) is 4.90 Å². The monoisotopic (exact) mass is 456 g/mol. The molecule has 0 aliphatic carbocycles. The Kier molecular flexibility index (Phi) is 5.07. The summed E-state index contributed by atoms with van der Waals surface area (Å²) < 4.78 is 1.37. The van der Waals surface area contributed by atoms with Crippen LogP contribution in [-0.2, 0) is 9.59 Å². The molecule has 0 bridgehead atoms. The average Bonchev–Trinajstić information content (AvgIpc) is 3.18. The van der Waals surface area contributed by atoms with Gasteiger partial charge in [-0.2, -0.15) is 0 Å². The molecule has 6 nitrogen and oxygen atoms in total. The predicted molar refractivity (Wildman–Crippen MR) is 117 cm³/mol. The van der Waals surface area contributed by atoms with Crippen molar-refractivity contribution in [3.05, 3.63) is 59.7 Å². The van der Waals surface area contributed by atoms with Crippen molar-refractivity contribution in [1.82, 2.24) is 0 Å². The highest BCUT2D eigenvalue weighted by Gasteiger charge is 2.34. The van der Waals surface area contributed by atoms with Crippen molar-refractivity contribution < 1.29 is 9.59 Å². The first-order chi connectivity index (χ1) is 13.5. The van der Waals surface area contributed by atoms with Crippen LogP contribution in [0, 0.1) is 0 Å². The van der Waals surface area contributed by atoms with Crippen molar-refractivity contribution in [1.29, 1.82) is 0 Å². The molecule has 2 aromatic rings. The first kappa shape index (κ1) is 18.9. The quantitative estimate of drug-likeness (QED) is 0.510. The number of carbonyl (C=O) groups is 2. The van der Waals surface area contributed by atoms with E-state index in [2.05, 4.69) is 40.2 Å². The topological polar surface area (TPSA) is 65.3 Å². The lowest BCUT2D eigenvalue weighted by molar-refractivity contribution is -0.115. The molecule has 2 heterocycles. The number of nitrogens with zero attached hydrogens (tertiary/aromatic N) is 4. The lowest BCUT2D eigenvalue weighted by Crippen LogP contribution is -2.29. The van der Waals surface area contributed by atoms with Crippen LogP contribution in [0.25, 0.3) is 0 Å². The molecule has 2 amide bonds. The molecule has 4 rings (SSSR count). The predicted octanol–water partition coefficient (Wildman–Crippen LogP) is 4.31. The molecule has 8 heteroatoms. The van der Waals surface area contributed by atoms with E-state index in [-0.39, 0.29) is 17.5 Å². The summed E-state index contributed by atoms with van der Waals surface area (Å²) in [6.07, 6.45) is 0. The third-order valence-corrected chi connectivity index (χ3v) is 6.17. The molecule has 28 heavy (non-hydrogen) atoms. The Morgan fingerprint density at radius 2 is 1.86 bits per heavy atom. The highest BCUT2D eigenvalue weighted by atomic mass is 79.9. The van der Waals surface area contributed by atoms with Gasteiger partial charge >= 0.3 is 0 Å². The van der Waals surface area contributed by atoms with Crippen LogP contribution in [0.4, 0.5) is 11.4 Å². The molecule has 2 aliphatic rings. The van der Waals surface area contributed by atoms with Crippen molar-refractivity contribution in [3.63, 3.8) is 0 Å². The Morgan fingerprint density at radius 1 is 1.07 bits per heavy atom. The van der Waals surface area contributed by atoms with Gasteiger partial charge in [0.05, 0.1) is 33.3 Å². The summed E-state index contributed by atoms with van der Waals surface area (Å²) >= 11 is 4.58. The third kappa shape index (κ3) is 3.27. The Balaban J connectivity index is 1.71. The van der Waals surface area contributed by atoms with Crippen LogP contribution in [0.15, 0.2) is 58.7 Å². The molecule has 0 N–H and O–H groups in total. The minimum Gasteiger partial charge on any atom is -0.273 e. The average molecular weight is 457 g/mol. The second-order valence-corrected chi connectivity index (χ2v) is 8.35. The number of para-hydroxylation sites is 1. The Labute approximate surface area is 175 Å². The number of hydrogen-bond acceptors (Lipinski definition) is 5. The molecule has 0 radical (unpaired) electrons. The van der Waals surface area contributed by atoms with E-state index in [4.69, 9.17) is 0 Å².